The molecule has 0 spiro atoms. The highest BCUT2D eigenvalue weighted by Gasteiger charge is 2.16. The molecular weight excluding hydrogens is 396 g/mol. The number of aromatic nitrogens is 4. The van der Waals surface area contributed by atoms with Crippen LogP contribution in [0, 0.1) is 23.3 Å². The normalized spacial score (nSPS) is 10.6. The van der Waals surface area contributed by atoms with E-state index in [-0.39, 0.29) is 12.4 Å². The van der Waals surface area contributed by atoms with Crippen LogP contribution >= 0.6 is 0 Å². The molecule has 3 rings (SSSR count). The zero-order valence-electron chi connectivity index (χ0n) is 14.5. The van der Waals surface area contributed by atoms with Crippen molar-refractivity contribution < 1.29 is 27.2 Å². The van der Waals surface area contributed by atoms with E-state index in [2.05, 4.69) is 20.7 Å². The zero-order chi connectivity index (χ0) is 21.0. The summed E-state index contributed by atoms with van der Waals surface area (Å²) < 4.78 is 52.4. The number of anilines is 1. The molecule has 1 aromatic heterocycles. The summed E-state index contributed by atoms with van der Waals surface area (Å²) in [6.07, 6.45) is 0. The molecule has 1 heterocycles. The van der Waals surface area contributed by atoms with Crippen molar-refractivity contribution in [2.75, 3.05) is 11.9 Å². The lowest BCUT2D eigenvalue weighted by molar-refractivity contribution is -0.124. The van der Waals surface area contributed by atoms with E-state index in [4.69, 9.17) is 0 Å². The molecule has 2 aromatic carbocycles. The number of rotatable bonds is 6. The van der Waals surface area contributed by atoms with Crippen molar-refractivity contribution in [1.82, 2.24) is 25.5 Å². The third kappa shape index (κ3) is 4.91. The second-order valence-electron chi connectivity index (χ2n) is 5.70. The van der Waals surface area contributed by atoms with Crippen LogP contribution in [0.5, 0.6) is 0 Å². The average molecular weight is 408 g/mol. The highest BCUT2D eigenvalue weighted by molar-refractivity contribution is 5.94. The number of nitrogens with zero attached hydrogens (tertiary/aromatic N) is 4. The number of benzene rings is 2. The van der Waals surface area contributed by atoms with Crippen LogP contribution in [-0.2, 0) is 16.1 Å². The molecule has 8 nitrogen and oxygen atoms in total. The first-order chi connectivity index (χ1) is 13.8. The molecule has 3 aromatic rings. The average Bonchev–Trinajstić information content (AvgIpc) is 3.16. The summed E-state index contributed by atoms with van der Waals surface area (Å²) in [5.74, 6) is -6.44. The van der Waals surface area contributed by atoms with Crippen molar-refractivity contribution in [3.05, 3.63) is 59.7 Å². The number of halogens is 4. The van der Waals surface area contributed by atoms with Gasteiger partial charge in [0.2, 0.25) is 17.6 Å². The van der Waals surface area contributed by atoms with Crippen LogP contribution in [0.3, 0.4) is 0 Å². The molecule has 150 valence electrons. The smallest absolute Gasteiger partial charge is 0.244 e. The van der Waals surface area contributed by atoms with E-state index >= 15 is 0 Å². The SMILES string of the molecule is O=C(Cn1nnc(-c2ccc(F)cc2)n1)NCC(=O)Nc1ccc(F)c(F)c1F. The van der Waals surface area contributed by atoms with E-state index in [1.54, 1.807) is 0 Å². The van der Waals surface area contributed by atoms with Crippen LogP contribution in [0.1, 0.15) is 0 Å². The maximum absolute atomic E-state index is 13.5. The van der Waals surface area contributed by atoms with Gasteiger partial charge in [0, 0.05) is 5.56 Å². The summed E-state index contributed by atoms with van der Waals surface area (Å²) in [6.45, 7) is -0.933. The fraction of sp³-hybridized carbons (Fsp3) is 0.118. The highest BCUT2D eigenvalue weighted by Crippen LogP contribution is 2.19. The summed E-state index contributed by atoms with van der Waals surface area (Å²) in [4.78, 5) is 24.6. The molecule has 2 amide bonds. The fourth-order valence-corrected chi connectivity index (χ4v) is 2.20. The Kier molecular flexibility index (Phi) is 5.81. The van der Waals surface area contributed by atoms with Gasteiger partial charge in [-0.15, -0.1) is 10.2 Å². The predicted molar refractivity (Wildman–Crippen MR) is 91.2 cm³/mol. The van der Waals surface area contributed by atoms with Gasteiger partial charge in [0.1, 0.15) is 12.4 Å². The molecule has 0 radical (unpaired) electrons. The van der Waals surface area contributed by atoms with Crippen LogP contribution < -0.4 is 10.6 Å². The van der Waals surface area contributed by atoms with Gasteiger partial charge in [0.05, 0.1) is 12.2 Å². The predicted octanol–water partition coefficient (Wildman–Crippen LogP) is 1.65. The molecule has 0 aliphatic rings. The van der Waals surface area contributed by atoms with Crippen molar-refractivity contribution in [3.8, 4) is 11.4 Å². The molecule has 12 heteroatoms. The van der Waals surface area contributed by atoms with Crippen LogP contribution in [0.2, 0.25) is 0 Å². The minimum absolute atomic E-state index is 0.171. The number of carbonyl (C=O) groups excluding carboxylic acids is 2. The largest absolute Gasteiger partial charge is 0.345 e. The van der Waals surface area contributed by atoms with Crippen LogP contribution in [0.25, 0.3) is 11.4 Å². The van der Waals surface area contributed by atoms with E-state index in [0.717, 1.165) is 10.9 Å². The summed E-state index contributed by atoms with van der Waals surface area (Å²) in [7, 11) is 0. The Morgan fingerprint density at radius 2 is 1.66 bits per heavy atom. The number of carbonyl (C=O) groups is 2. The topological polar surface area (TPSA) is 102 Å². The molecule has 0 fully saturated rings. The maximum Gasteiger partial charge on any atom is 0.244 e. The molecule has 2 N–H and O–H groups in total. The lowest BCUT2D eigenvalue weighted by Crippen LogP contribution is -2.35. The van der Waals surface area contributed by atoms with Crippen molar-refractivity contribution in [1.29, 1.82) is 0 Å². The van der Waals surface area contributed by atoms with E-state index in [9.17, 15) is 27.2 Å². The molecule has 0 saturated carbocycles. The minimum Gasteiger partial charge on any atom is -0.345 e. The quantitative estimate of drug-likeness (QED) is 0.477. The van der Waals surface area contributed by atoms with Crippen molar-refractivity contribution in [2.45, 2.75) is 6.54 Å². The molecule has 0 bridgehead atoms. The lowest BCUT2D eigenvalue weighted by atomic mass is 10.2. The van der Waals surface area contributed by atoms with E-state index in [1.807, 2.05) is 5.32 Å². The van der Waals surface area contributed by atoms with E-state index in [0.29, 0.717) is 11.6 Å². The van der Waals surface area contributed by atoms with Gasteiger partial charge in [-0.2, -0.15) is 4.80 Å². The first kappa shape index (κ1) is 19.9. The van der Waals surface area contributed by atoms with Gasteiger partial charge >= 0.3 is 0 Å². The van der Waals surface area contributed by atoms with Crippen LogP contribution in [0.15, 0.2) is 36.4 Å². The first-order valence-electron chi connectivity index (χ1n) is 8.07. The molecule has 0 atom stereocenters. The number of tetrazole rings is 1. The molecule has 0 unspecified atom stereocenters. The van der Waals surface area contributed by atoms with Gasteiger partial charge in [0.25, 0.3) is 0 Å². The maximum atomic E-state index is 13.5. The van der Waals surface area contributed by atoms with E-state index in [1.165, 1.54) is 24.3 Å². The van der Waals surface area contributed by atoms with Crippen molar-refractivity contribution in [3.63, 3.8) is 0 Å². The Balaban J connectivity index is 1.52. The lowest BCUT2D eigenvalue weighted by Gasteiger charge is -2.08. The van der Waals surface area contributed by atoms with Gasteiger partial charge in [0.15, 0.2) is 17.5 Å². The summed E-state index contributed by atoms with van der Waals surface area (Å²) in [5, 5.41) is 15.6. The Bertz CT molecular complexity index is 1050. The monoisotopic (exact) mass is 408 g/mol. The summed E-state index contributed by atoms with van der Waals surface area (Å²) in [5.41, 5.74) is -0.0731. The molecule has 29 heavy (non-hydrogen) atoms. The number of amides is 2. The highest BCUT2D eigenvalue weighted by atomic mass is 19.2. The molecular formula is C17H12F4N6O2. The summed E-state index contributed by atoms with van der Waals surface area (Å²) in [6, 6.07) is 6.83. The standard InChI is InChI=1S/C17H12F4N6O2/c18-10-3-1-9(2-4-10)17-24-26-27(25-17)8-14(29)22-7-13(28)23-12-6-5-11(19)15(20)16(12)21/h1-6H,7-8H2,(H,22,29)(H,23,28). The zero-order valence-corrected chi connectivity index (χ0v) is 14.5. The van der Waals surface area contributed by atoms with Crippen molar-refractivity contribution in [2.24, 2.45) is 0 Å². The van der Waals surface area contributed by atoms with Gasteiger partial charge in [-0.25, -0.2) is 17.6 Å². The second kappa shape index (κ2) is 8.46. The first-order valence-corrected chi connectivity index (χ1v) is 8.07. The third-order valence-corrected chi connectivity index (χ3v) is 3.60. The van der Waals surface area contributed by atoms with Gasteiger partial charge in [-0.1, -0.05) is 0 Å². The molecule has 0 saturated heterocycles. The number of hydrogen-bond acceptors (Lipinski definition) is 5. The fourth-order valence-electron chi connectivity index (χ4n) is 2.20. The second-order valence-corrected chi connectivity index (χ2v) is 5.70. The van der Waals surface area contributed by atoms with Crippen molar-refractivity contribution >= 4 is 17.5 Å². The number of nitrogens with one attached hydrogen (secondary N) is 2. The Hall–Kier alpha value is -3.83. The Morgan fingerprint density at radius 1 is 0.931 bits per heavy atom. The molecule has 0 aliphatic heterocycles. The van der Waals surface area contributed by atoms with E-state index < -0.39 is 47.3 Å². The van der Waals surface area contributed by atoms with Crippen LogP contribution in [-0.4, -0.2) is 38.6 Å². The third-order valence-electron chi connectivity index (χ3n) is 3.60. The van der Waals surface area contributed by atoms with Gasteiger partial charge in [-0.3, -0.25) is 9.59 Å². The van der Waals surface area contributed by atoms with Crippen LogP contribution in [0.4, 0.5) is 23.2 Å². The summed E-state index contributed by atoms with van der Waals surface area (Å²) >= 11 is 0. The number of hydrogen-bond donors (Lipinski definition) is 2. The Labute approximate surface area is 160 Å². The Morgan fingerprint density at radius 3 is 2.38 bits per heavy atom. The minimum atomic E-state index is -1.72. The molecule has 0 aliphatic carbocycles. The van der Waals surface area contributed by atoms with Gasteiger partial charge in [-0.05, 0) is 41.6 Å². The van der Waals surface area contributed by atoms with Gasteiger partial charge < -0.3 is 10.6 Å².